The topological polar surface area (TPSA) is 82.4 Å². The number of phenols is 1. The van der Waals surface area contributed by atoms with Crippen LogP contribution < -0.4 is 10.1 Å². The number of phenolic OH excluding ortho intramolecular Hbond substituents is 1. The standard InChI is InChI=1S/C12H14N2O3/c1-3-9(7-13)14-12(16)8-4-5-11(17-2)10(15)6-8/h4-6,9,15H,3H2,1-2H3,(H,14,16). The Labute approximate surface area is 99.6 Å². The van der Waals surface area contributed by atoms with Crippen LogP contribution in [-0.2, 0) is 0 Å². The Hall–Kier alpha value is -2.22. The number of nitrogens with one attached hydrogen (secondary N) is 1. The fourth-order valence-electron chi connectivity index (χ4n) is 1.30. The lowest BCUT2D eigenvalue weighted by Gasteiger charge is -2.10. The molecule has 0 fully saturated rings. The summed E-state index contributed by atoms with van der Waals surface area (Å²) in [5, 5.41) is 20.8. The second-order valence-corrected chi connectivity index (χ2v) is 3.45. The largest absolute Gasteiger partial charge is 0.504 e. The second-order valence-electron chi connectivity index (χ2n) is 3.45. The van der Waals surface area contributed by atoms with Gasteiger partial charge in [-0.3, -0.25) is 4.79 Å². The predicted octanol–water partition coefficient (Wildman–Crippen LogP) is 1.43. The third-order valence-corrected chi connectivity index (χ3v) is 2.31. The highest BCUT2D eigenvalue weighted by Crippen LogP contribution is 2.26. The molecule has 0 aliphatic rings. The molecule has 17 heavy (non-hydrogen) atoms. The minimum atomic E-state index is -0.522. The summed E-state index contributed by atoms with van der Waals surface area (Å²) >= 11 is 0. The molecule has 0 heterocycles. The van der Waals surface area contributed by atoms with E-state index in [1.165, 1.54) is 25.3 Å². The highest BCUT2D eigenvalue weighted by molar-refractivity contribution is 5.95. The number of ether oxygens (including phenoxy) is 1. The van der Waals surface area contributed by atoms with Gasteiger partial charge >= 0.3 is 0 Å². The molecule has 5 heteroatoms. The number of carbonyl (C=O) groups is 1. The molecular formula is C12H14N2O3. The van der Waals surface area contributed by atoms with Gasteiger partial charge in [-0.05, 0) is 24.6 Å². The van der Waals surface area contributed by atoms with Gasteiger partial charge in [0.2, 0.25) is 0 Å². The van der Waals surface area contributed by atoms with E-state index < -0.39 is 11.9 Å². The van der Waals surface area contributed by atoms with E-state index >= 15 is 0 Å². The molecule has 1 unspecified atom stereocenters. The second kappa shape index (κ2) is 5.75. The molecule has 1 rings (SSSR count). The highest BCUT2D eigenvalue weighted by atomic mass is 16.5. The summed E-state index contributed by atoms with van der Waals surface area (Å²) in [6.07, 6.45) is 0.532. The summed E-state index contributed by atoms with van der Waals surface area (Å²) < 4.78 is 4.87. The molecule has 1 amide bonds. The Morgan fingerprint density at radius 3 is 2.82 bits per heavy atom. The van der Waals surface area contributed by atoms with Crippen molar-refractivity contribution in [1.29, 1.82) is 5.26 Å². The Morgan fingerprint density at radius 2 is 2.35 bits per heavy atom. The molecule has 1 aromatic carbocycles. The van der Waals surface area contributed by atoms with Crippen LogP contribution in [0.1, 0.15) is 23.7 Å². The van der Waals surface area contributed by atoms with E-state index in [9.17, 15) is 9.90 Å². The lowest BCUT2D eigenvalue weighted by Crippen LogP contribution is -2.33. The Balaban J connectivity index is 2.83. The molecule has 1 aromatic rings. The van der Waals surface area contributed by atoms with E-state index in [1.54, 1.807) is 6.92 Å². The summed E-state index contributed by atoms with van der Waals surface area (Å²) in [6, 6.07) is 5.78. The molecule has 0 aliphatic carbocycles. The first-order valence-electron chi connectivity index (χ1n) is 5.19. The van der Waals surface area contributed by atoms with Gasteiger partial charge < -0.3 is 15.2 Å². The Kier molecular flexibility index (Phi) is 4.35. The predicted molar refractivity (Wildman–Crippen MR) is 61.8 cm³/mol. The van der Waals surface area contributed by atoms with Gasteiger partial charge in [0.25, 0.3) is 5.91 Å². The maximum absolute atomic E-state index is 11.7. The van der Waals surface area contributed by atoms with Crippen LogP contribution in [0.25, 0.3) is 0 Å². The third-order valence-electron chi connectivity index (χ3n) is 2.31. The number of nitrogens with zero attached hydrogens (tertiary/aromatic N) is 1. The zero-order valence-electron chi connectivity index (χ0n) is 9.73. The lowest BCUT2D eigenvalue weighted by atomic mass is 10.1. The highest BCUT2D eigenvalue weighted by Gasteiger charge is 2.13. The summed E-state index contributed by atoms with van der Waals surface area (Å²) in [7, 11) is 1.43. The molecule has 5 nitrogen and oxygen atoms in total. The average molecular weight is 234 g/mol. The van der Waals surface area contributed by atoms with Crippen LogP contribution >= 0.6 is 0 Å². The zero-order chi connectivity index (χ0) is 12.8. The van der Waals surface area contributed by atoms with E-state index in [2.05, 4.69) is 5.32 Å². The summed E-state index contributed by atoms with van der Waals surface area (Å²) in [6.45, 7) is 1.81. The van der Waals surface area contributed by atoms with Crippen molar-refractivity contribution >= 4 is 5.91 Å². The molecular weight excluding hydrogens is 220 g/mol. The minimum absolute atomic E-state index is 0.106. The number of benzene rings is 1. The summed E-state index contributed by atoms with van der Waals surface area (Å²) in [4.78, 5) is 11.7. The number of rotatable bonds is 4. The number of hydrogen-bond donors (Lipinski definition) is 2. The monoisotopic (exact) mass is 234 g/mol. The van der Waals surface area contributed by atoms with Gasteiger partial charge in [-0.1, -0.05) is 6.92 Å². The molecule has 0 bridgehead atoms. The first-order valence-corrected chi connectivity index (χ1v) is 5.19. The molecule has 0 aliphatic heterocycles. The maximum atomic E-state index is 11.7. The van der Waals surface area contributed by atoms with E-state index in [4.69, 9.17) is 10.00 Å². The van der Waals surface area contributed by atoms with Gasteiger partial charge in [0.05, 0.1) is 13.2 Å². The van der Waals surface area contributed by atoms with Gasteiger partial charge in [-0.25, -0.2) is 0 Å². The van der Waals surface area contributed by atoms with Crippen LogP contribution in [0.15, 0.2) is 18.2 Å². The first kappa shape index (κ1) is 12.8. The number of hydrogen-bond acceptors (Lipinski definition) is 4. The van der Waals surface area contributed by atoms with Crippen molar-refractivity contribution in [3.63, 3.8) is 0 Å². The third kappa shape index (κ3) is 3.11. The lowest BCUT2D eigenvalue weighted by molar-refractivity contribution is 0.0944. The quantitative estimate of drug-likeness (QED) is 0.825. The van der Waals surface area contributed by atoms with E-state index in [0.717, 1.165) is 0 Å². The SMILES string of the molecule is CCC(C#N)NC(=O)c1ccc(OC)c(O)c1. The van der Waals surface area contributed by atoms with Crippen molar-refractivity contribution in [1.82, 2.24) is 5.32 Å². The number of carbonyl (C=O) groups excluding carboxylic acids is 1. The molecule has 0 saturated carbocycles. The van der Waals surface area contributed by atoms with Crippen molar-refractivity contribution in [2.75, 3.05) is 7.11 Å². The van der Waals surface area contributed by atoms with Gasteiger partial charge in [-0.15, -0.1) is 0 Å². The van der Waals surface area contributed by atoms with E-state index in [0.29, 0.717) is 12.2 Å². The molecule has 0 saturated heterocycles. The van der Waals surface area contributed by atoms with Crippen molar-refractivity contribution in [3.05, 3.63) is 23.8 Å². The van der Waals surface area contributed by atoms with Gasteiger partial charge in [0, 0.05) is 5.56 Å². The van der Waals surface area contributed by atoms with E-state index in [-0.39, 0.29) is 11.3 Å². The van der Waals surface area contributed by atoms with Gasteiger partial charge in [-0.2, -0.15) is 5.26 Å². The fourth-order valence-corrected chi connectivity index (χ4v) is 1.30. The van der Waals surface area contributed by atoms with Crippen molar-refractivity contribution in [2.24, 2.45) is 0 Å². The van der Waals surface area contributed by atoms with Crippen molar-refractivity contribution in [2.45, 2.75) is 19.4 Å². The van der Waals surface area contributed by atoms with Crippen LogP contribution in [-0.4, -0.2) is 24.2 Å². The summed E-state index contributed by atoms with van der Waals surface area (Å²) in [5.74, 6) is -0.199. The molecule has 0 aromatic heterocycles. The number of amides is 1. The van der Waals surface area contributed by atoms with Crippen molar-refractivity contribution in [3.8, 4) is 17.6 Å². The smallest absolute Gasteiger partial charge is 0.252 e. The van der Waals surface area contributed by atoms with Crippen LogP contribution in [0.3, 0.4) is 0 Å². The summed E-state index contributed by atoms with van der Waals surface area (Å²) in [5.41, 5.74) is 0.289. The minimum Gasteiger partial charge on any atom is -0.504 e. The van der Waals surface area contributed by atoms with Gasteiger partial charge in [0.1, 0.15) is 6.04 Å². The number of nitriles is 1. The Morgan fingerprint density at radius 1 is 1.65 bits per heavy atom. The average Bonchev–Trinajstić information content (AvgIpc) is 2.35. The molecule has 90 valence electrons. The maximum Gasteiger partial charge on any atom is 0.252 e. The fraction of sp³-hybridized carbons (Fsp3) is 0.333. The van der Waals surface area contributed by atoms with Crippen LogP contribution in [0, 0.1) is 11.3 Å². The molecule has 0 spiro atoms. The van der Waals surface area contributed by atoms with E-state index in [1.807, 2.05) is 6.07 Å². The normalized spacial score (nSPS) is 11.4. The first-order chi connectivity index (χ1) is 8.12. The van der Waals surface area contributed by atoms with Crippen LogP contribution in [0.5, 0.6) is 11.5 Å². The molecule has 0 radical (unpaired) electrons. The molecule has 2 N–H and O–H groups in total. The van der Waals surface area contributed by atoms with Crippen molar-refractivity contribution < 1.29 is 14.6 Å². The number of methoxy groups -OCH3 is 1. The molecule has 1 atom stereocenters. The van der Waals surface area contributed by atoms with Gasteiger partial charge in [0.15, 0.2) is 11.5 Å². The number of aromatic hydroxyl groups is 1. The zero-order valence-corrected chi connectivity index (χ0v) is 9.73. The van der Waals surface area contributed by atoms with Crippen LogP contribution in [0.4, 0.5) is 0 Å². The van der Waals surface area contributed by atoms with Crippen LogP contribution in [0.2, 0.25) is 0 Å². The Bertz CT molecular complexity index is 452.